The highest BCUT2D eigenvalue weighted by molar-refractivity contribution is 4.72. The van der Waals surface area contributed by atoms with Crippen LogP contribution in [0.2, 0.25) is 0 Å². The molecule has 0 aromatic heterocycles. The number of aliphatic hydroxyl groups excluding tert-OH is 1. The van der Waals surface area contributed by atoms with Gasteiger partial charge in [-0.3, -0.25) is 0 Å². The van der Waals surface area contributed by atoms with E-state index in [1.165, 1.54) is 25.7 Å². The first kappa shape index (κ1) is 12.0. The lowest BCUT2D eigenvalue weighted by Crippen LogP contribution is -2.20. The van der Waals surface area contributed by atoms with E-state index in [2.05, 4.69) is 6.92 Å². The summed E-state index contributed by atoms with van der Waals surface area (Å²) in [5, 5.41) is 9.85. The van der Waals surface area contributed by atoms with Crippen LogP contribution in [0.5, 0.6) is 0 Å². The van der Waals surface area contributed by atoms with Crippen molar-refractivity contribution in [2.24, 2.45) is 5.92 Å². The Labute approximate surface area is 87.7 Å². The summed E-state index contributed by atoms with van der Waals surface area (Å²) >= 11 is 0. The molecule has 0 amide bonds. The molecule has 1 aliphatic rings. The van der Waals surface area contributed by atoms with Crippen molar-refractivity contribution in [1.82, 2.24) is 0 Å². The van der Waals surface area contributed by atoms with E-state index in [1.54, 1.807) is 0 Å². The van der Waals surface area contributed by atoms with Gasteiger partial charge < -0.3 is 9.84 Å². The van der Waals surface area contributed by atoms with E-state index >= 15 is 0 Å². The molecule has 2 nitrogen and oxygen atoms in total. The molecule has 2 unspecified atom stereocenters. The van der Waals surface area contributed by atoms with Crippen molar-refractivity contribution < 1.29 is 9.84 Å². The van der Waals surface area contributed by atoms with E-state index in [0.717, 1.165) is 32.5 Å². The molecular weight excluding hydrogens is 176 g/mol. The van der Waals surface area contributed by atoms with Crippen LogP contribution in [0.15, 0.2) is 0 Å². The predicted octanol–water partition coefficient (Wildman–Crippen LogP) is 2.74. The maximum Gasteiger partial charge on any atom is 0.0569 e. The van der Waals surface area contributed by atoms with Gasteiger partial charge in [-0.1, -0.05) is 26.2 Å². The van der Waals surface area contributed by atoms with Gasteiger partial charge in [-0.25, -0.2) is 0 Å². The summed E-state index contributed by atoms with van der Waals surface area (Å²) in [6, 6.07) is 0. The predicted molar refractivity (Wildman–Crippen MR) is 58.3 cm³/mol. The highest BCUT2D eigenvalue weighted by Gasteiger charge is 2.20. The second kappa shape index (κ2) is 7.24. The Kier molecular flexibility index (Phi) is 6.20. The van der Waals surface area contributed by atoms with Gasteiger partial charge in [-0.05, 0) is 31.6 Å². The third-order valence-electron chi connectivity index (χ3n) is 3.10. The molecule has 0 heterocycles. The molecule has 2 heteroatoms. The summed E-state index contributed by atoms with van der Waals surface area (Å²) in [6.07, 6.45) is 8.04. The molecule has 0 radical (unpaired) electrons. The second-order valence-corrected chi connectivity index (χ2v) is 4.37. The Morgan fingerprint density at radius 1 is 1.14 bits per heavy atom. The van der Waals surface area contributed by atoms with Crippen LogP contribution in [0.1, 0.15) is 51.9 Å². The molecule has 0 aromatic rings. The summed E-state index contributed by atoms with van der Waals surface area (Å²) < 4.78 is 5.46. The molecule has 1 aliphatic carbocycles. The zero-order valence-electron chi connectivity index (χ0n) is 9.37. The van der Waals surface area contributed by atoms with Crippen LogP contribution in [0, 0.1) is 5.92 Å². The highest BCUT2D eigenvalue weighted by Crippen LogP contribution is 2.25. The summed E-state index contributed by atoms with van der Waals surface area (Å²) in [6.45, 7) is 3.82. The zero-order chi connectivity index (χ0) is 10.2. The van der Waals surface area contributed by atoms with Gasteiger partial charge in [0.05, 0.1) is 6.10 Å². The van der Waals surface area contributed by atoms with Gasteiger partial charge in [0.1, 0.15) is 0 Å². The van der Waals surface area contributed by atoms with Gasteiger partial charge in [0, 0.05) is 13.2 Å². The minimum absolute atomic E-state index is 0.0669. The Morgan fingerprint density at radius 2 is 1.93 bits per heavy atom. The van der Waals surface area contributed by atoms with Gasteiger partial charge in [-0.2, -0.15) is 0 Å². The third-order valence-corrected chi connectivity index (χ3v) is 3.10. The SMILES string of the molecule is CCCOCCC1CCCCCC1O. The lowest BCUT2D eigenvalue weighted by Gasteiger charge is -2.19. The fourth-order valence-corrected chi connectivity index (χ4v) is 2.18. The fourth-order valence-electron chi connectivity index (χ4n) is 2.18. The molecule has 1 N–H and O–H groups in total. The number of aliphatic hydroxyl groups is 1. The van der Waals surface area contributed by atoms with Gasteiger partial charge in [0.2, 0.25) is 0 Å². The summed E-state index contributed by atoms with van der Waals surface area (Å²) in [7, 11) is 0. The average molecular weight is 200 g/mol. The number of hydrogen-bond acceptors (Lipinski definition) is 2. The Morgan fingerprint density at radius 3 is 2.71 bits per heavy atom. The molecule has 1 rings (SSSR count). The maximum absolute atomic E-state index is 9.85. The topological polar surface area (TPSA) is 29.5 Å². The minimum atomic E-state index is -0.0669. The van der Waals surface area contributed by atoms with Gasteiger partial charge in [0.15, 0.2) is 0 Å². The maximum atomic E-state index is 9.85. The van der Waals surface area contributed by atoms with E-state index in [9.17, 15) is 5.11 Å². The first-order valence-corrected chi connectivity index (χ1v) is 6.10. The van der Waals surface area contributed by atoms with Crippen molar-refractivity contribution in [1.29, 1.82) is 0 Å². The molecule has 0 spiro atoms. The largest absolute Gasteiger partial charge is 0.393 e. The van der Waals surface area contributed by atoms with Crippen LogP contribution < -0.4 is 0 Å². The van der Waals surface area contributed by atoms with E-state index in [-0.39, 0.29) is 6.10 Å². The average Bonchev–Trinajstić information content (AvgIpc) is 2.39. The van der Waals surface area contributed by atoms with Crippen molar-refractivity contribution >= 4 is 0 Å². The van der Waals surface area contributed by atoms with Crippen LogP contribution in [-0.4, -0.2) is 24.4 Å². The quantitative estimate of drug-likeness (QED) is 0.546. The highest BCUT2D eigenvalue weighted by atomic mass is 16.5. The fraction of sp³-hybridized carbons (Fsp3) is 1.00. The van der Waals surface area contributed by atoms with Crippen LogP contribution in [0.3, 0.4) is 0 Å². The van der Waals surface area contributed by atoms with Crippen molar-refractivity contribution in [2.45, 2.75) is 58.0 Å². The molecule has 0 aliphatic heterocycles. The van der Waals surface area contributed by atoms with Gasteiger partial charge in [-0.15, -0.1) is 0 Å². The van der Waals surface area contributed by atoms with Gasteiger partial charge >= 0.3 is 0 Å². The normalized spacial score (nSPS) is 28.7. The molecule has 2 atom stereocenters. The second-order valence-electron chi connectivity index (χ2n) is 4.37. The van der Waals surface area contributed by atoms with Crippen LogP contribution in [0.25, 0.3) is 0 Å². The van der Waals surface area contributed by atoms with E-state index in [4.69, 9.17) is 4.74 Å². The Hall–Kier alpha value is -0.0800. The van der Waals surface area contributed by atoms with E-state index in [1.807, 2.05) is 0 Å². The summed E-state index contributed by atoms with van der Waals surface area (Å²) in [5.74, 6) is 0.495. The molecule has 14 heavy (non-hydrogen) atoms. The molecule has 84 valence electrons. The molecule has 1 saturated carbocycles. The van der Waals surface area contributed by atoms with Crippen LogP contribution in [0.4, 0.5) is 0 Å². The Bertz CT molecular complexity index is 136. The molecule has 0 aromatic carbocycles. The zero-order valence-corrected chi connectivity index (χ0v) is 9.37. The number of ether oxygens (including phenoxy) is 1. The number of rotatable bonds is 5. The number of hydrogen-bond donors (Lipinski definition) is 1. The minimum Gasteiger partial charge on any atom is -0.393 e. The molecule has 1 fully saturated rings. The van der Waals surface area contributed by atoms with Crippen molar-refractivity contribution in [3.63, 3.8) is 0 Å². The molecule has 0 bridgehead atoms. The summed E-state index contributed by atoms with van der Waals surface area (Å²) in [5.41, 5.74) is 0. The molecular formula is C12H24O2. The lowest BCUT2D eigenvalue weighted by atomic mass is 9.94. The monoisotopic (exact) mass is 200 g/mol. The van der Waals surface area contributed by atoms with Crippen molar-refractivity contribution in [2.75, 3.05) is 13.2 Å². The first-order chi connectivity index (χ1) is 6.84. The van der Waals surface area contributed by atoms with E-state index in [0.29, 0.717) is 5.92 Å². The first-order valence-electron chi connectivity index (χ1n) is 6.10. The van der Waals surface area contributed by atoms with E-state index < -0.39 is 0 Å². The Balaban J connectivity index is 2.13. The van der Waals surface area contributed by atoms with Crippen molar-refractivity contribution in [3.8, 4) is 0 Å². The standard InChI is InChI=1S/C12H24O2/c1-2-9-14-10-8-11-6-4-3-5-7-12(11)13/h11-13H,2-10H2,1H3. The van der Waals surface area contributed by atoms with Crippen molar-refractivity contribution in [3.05, 3.63) is 0 Å². The smallest absolute Gasteiger partial charge is 0.0569 e. The molecule has 0 saturated heterocycles. The van der Waals surface area contributed by atoms with Crippen LogP contribution in [-0.2, 0) is 4.74 Å². The van der Waals surface area contributed by atoms with Gasteiger partial charge in [0.25, 0.3) is 0 Å². The third kappa shape index (κ3) is 4.43. The van der Waals surface area contributed by atoms with Crippen LogP contribution >= 0.6 is 0 Å². The lowest BCUT2D eigenvalue weighted by molar-refractivity contribution is 0.0616. The summed E-state index contributed by atoms with van der Waals surface area (Å²) in [4.78, 5) is 0.